The number of fused-ring (bicyclic) bond motifs is 3. The van der Waals surface area contributed by atoms with E-state index in [0.717, 1.165) is 35.9 Å². The van der Waals surface area contributed by atoms with Crippen LogP contribution < -0.4 is 10.9 Å². The summed E-state index contributed by atoms with van der Waals surface area (Å²) in [5.74, 6) is 0.376. The number of benzene rings is 1. The molecule has 1 aliphatic rings. The number of aromatic nitrogens is 2. The Morgan fingerprint density at radius 1 is 1.33 bits per heavy atom. The zero-order chi connectivity index (χ0) is 21.3. The first-order valence-corrected chi connectivity index (χ1v) is 11.5. The number of nitrogens with zero attached hydrogens (tertiary/aromatic N) is 2. The molecule has 0 saturated carbocycles. The Hall–Kier alpha value is -1.93. The van der Waals surface area contributed by atoms with Crippen LogP contribution in [0.4, 0.5) is 5.69 Å². The second-order valence-corrected chi connectivity index (χ2v) is 9.36. The molecule has 158 valence electrons. The van der Waals surface area contributed by atoms with Crippen molar-refractivity contribution in [3.05, 3.63) is 54.9 Å². The lowest BCUT2D eigenvalue weighted by atomic mass is 10.2. The van der Waals surface area contributed by atoms with Crippen molar-refractivity contribution >= 4 is 56.3 Å². The van der Waals surface area contributed by atoms with Gasteiger partial charge in [-0.25, -0.2) is 4.98 Å². The number of anilines is 1. The number of halogens is 2. The van der Waals surface area contributed by atoms with Gasteiger partial charge in [0.2, 0.25) is 5.91 Å². The normalized spacial score (nSPS) is 13.2. The highest BCUT2D eigenvalue weighted by molar-refractivity contribution is 7.18. The van der Waals surface area contributed by atoms with Crippen molar-refractivity contribution in [3.8, 4) is 0 Å². The topological polar surface area (TPSA) is 78.1 Å². The molecule has 0 aliphatic heterocycles. The molecule has 0 radical (unpaired) electrons. The number of carbonyl (C=O) groups excluding carboxylic acids is 1. The van der Waals surface area contributed by atoms with Gasteiger partial charge in [-0.15, -0.1) is 11.3 Å². The summed E-state index contributed by atoms with van der Waals surface area (Å²) in [5.41, 5.74) is 1.56. The number of nitrogens with one attached hydrogen (secondary N) is 2. The van der Waals surface area contributed by atoms with Gasteiger partial charge < -0.3 is 10.3 Å². The van der Waals surface area contributed by atoms with E-state index in [4.69, 9.17) is 23.2 Å². The van der Waals surface area contributed by atoms with Crippen LogP contribution in [-0.2, 0) is 24.2 Å². The molecule has 0 fully saturated rings. The molecular weight excluding hydrogens is 443 g/mol. The van der Waals surface area contributed by atoms with E-state index in [2.05, 4.69) is 15.3 Å². The Kier molecular flexibility index (Phi) is 6.43. The molecule has 0 bridgehead atoms. The first-order chi connectivity index (χ1) is 14.4. The van der Waals surface area contributed by atoms with Gasteiger partial charge in [-0.05, 0) is 56.0 Å². The number of aryl methyl sites for hydroxylation is 2. The van der Waals surface area contributed by atoms with Crippen LogP contribution in [0.5, 0.6) is 0 Å². The quantitative estimate of drug-likeness (QED) is 0.534. The van der Waals surface area contributed by atoms with E-state index in [9.17, 15) is 9.59 Å². The average molecular weight is 465 g/mol. The van der Waals surface area contributed by atoms with Crippen LogP contribution in [0.2, 0.25) is 10.0 Å². The fraction of sp³-hybridized carbons (Fsp3) is 0.381. The molecule has 4 rings (SSSR count). The van der Waals surface area contributed by atoms with E-state index in [1.54, 1.807) is 29.5 Å². The van der Waals surface area contributed by atoms with Gasteiger partial charge >= 0.3 is 0 Å². The van der Waals surface area contributed by atoms with E-state index < -0.39 is 0 Å². The summed E-state index contributed by atoms with van der Waals surface area (Å²) >= 11 is 13.7. The maximum absolute atomic E-state index is 12.7. The summed E-state index contributed by atoms with van der Waals surface area (Å²) < 4.78 is 0. The fourth-order valence-electron chi connectivity index (χ4n) is 3.85. The molecule has 1 amide bonds. The lowest BCUT2D eigenvalue weighted by Crippen LogP contribution is -2.34. The third-order valence-electron chi connectivity index (χ3n) is 5.11. The van der Waals surface area contributed by atoms with Crippen LogP contribution in [0.15, 0.2) is 23.0 Å². The molecule has 0 spiro atoms. The zero-order valence-electron chi connectivity index (χ0n) is 16.6. The van der Waals surface area contributed by atoms with E-state index in [0.29, 0.717) is 34.6 Å². The van der Waals surface area contributed by atoms with Gasteiger partial charge in [0, 0.05) is 9.90 Å². The van der Waals surface area contributed by atoms with Crippen molar-refractivity contribution in [2.24, 2.45) is 0 Å². The van der Waals surface area contributed by atoms with Crippen LogP contribution in [-0.4, -0.2) is 33.9 Å². The Balaban J connectivity index is 1.50. The van der Waals surface area contributed by atoms with Gasteiger partial charge in [0.15, 0.2) is 0 Å². The van der Waals surface area contributed by atoms with Gasteiger partial charge in [-0.3, -0.25) is 14.5 Å². The number of aromatic amines is 1. The van der Waals surface area contributed by atoms with Crippen LogP contribution in [0, 0.1) is 0 Å². The minimum absolute atomic E-state index is 0.0824. The Morgan fingerprint density at radius 3 is 2.97 bits per heavy atom. The van der Waals surface area contributed by atoms with Gasteiger partial charge in [0.05, 0.1) is 29.2 Å². The van der Waals surface area contributed by atoms with Crippen molar-refractivity contribution in [2.45, 2.75) is 39.2 Å². The molecule has 0 unspecified atom stereocenters. The highest BCUT2D eigenvalue weighted by Gasteiger charge is 2.22. The van der Waals surface area contributed by atoms with Gasteiger partial charge in [0.1, 0.15) is 10.7 Å². The SMILES string of the molecule is CCCN(CC(=O)Nc1cc(Cl)ccc1Cl)Cc1nc2sc3c(c2c(=O)[nH]1)CCC3. The van der Waals surface area contributed by atoms with Crippen LogP contribution in [0.25, 0.3) is 10.2 Å². The first-order valence-electron chi connectivity index (χ1n) is 9.95. The van der Waals surface area contributed by atoms with Crippen molar-refractivity contribution in [1.29, 1.82) is 0 Å². The third kappa shape index (κ3) is 4.54. The van der Waals surface area contributed by atoms with Crippen molar-refractivity contribution in [3.63, 3.8) is 0 Å². The lowest BCUT2D eigenvalue weighted by Gasteiger charge is -2.20. The van der Waals surface area contributed by atoms with Crippen LogP contribution in [0.1, 0.15) is 36.0 Å². The Labute approximate surface area is 188 Å². The lowest BCUT2D eigenvalue weighted by molar-refractivity contribution is -0.117. The number of hydrogen-bond donors (Lipinski definition) is 2. The van der Waals surface area contributed by atoms with Crippen LogP contribution >= 0.6 is 34.5 Å². The standard InChI is InChI=1S/C21H22Cl2N4O2S/c1-2-8-27(11-18(28)24-15-9-12(22)6-7-14(15)23)10-17-25-20(29)19-13-4-3-5-16(13)30-21(19)26-17/h6-7,9H,2-5,8,10-11H2,1H3,(H,24,28)(H,25,26,29). The number of amides is 1. The third-order valence-corrected chi connectivity index (χ3v) is 6.86. The molecule has 0 atom stereocenters. The number of rotatable bonds is 7. The fourth-order valence-corrected chi connectivity index (χ4v) is 5.47. The maximum atomic E-state index is 12.7. The Morgan fingerprint density at radius 2 is 2.17 bits per heavy atom. The smallest absolute Gasteiger partial charge is 0.259 e. The average Bonchev–Trinajstić information content (AvgIpc) is 3.25. The molecule has 30 heavy (non-hydrogen) atoms. The van der Waals surface area contributed by atoms with E-state index >= 15 is 0 Å². The second kappa shape index (κ2) is 9.06. The molecular formula is C21H22Cl2N4O2S. The molecule has 0 saturated heterocycles. The summed E-state index contributed by atoms with van der Waals surface area (Å²) in [7, 11) is 0. The number of H-pyrrole nitrogens is 1. The van der Waals surface area contributed by atoms with Crippen molar-refractivity contribution in [1.82, 2.24) is 14.9 Å². The highest BCUT2D eigenvalue weighted by Crippen LogP contribution is 2.34. The number of thiophene rings is 1. The summed E-state index contributed by atoms with van der Waals surface area (Å²) in [6, 6.07) is 4.93. The molecule has 9 heteroatoms. The zero-order valence-corrected chi connectivity index (χ0v) is 18.9. The van der Waals surface area contributed by atoms with Crippen molar-refractivity contribution in [2.75, 3.05) is 18.4 Å². The summed E-state index contributed by atoms with van der Waals surface area (Å²) in [6.45, 7) is 3.28. The van der Waals surface area contributed by atoms with Gasteiger partial charge in [0.25, 0.3) is 5.56 Å². The highest BCUT2D eigenvalue weighted by atomic mass is 35.5. The van der Waals surface area contributed by atoms with Crippen molar-refractivity contribution < 1.29 is 4.79 Å². The number of hydrogen-bond acceptors (Lipinski definition) is 5. The summed E-state index contributed by atoms with van der Waals surface area (Å²) in [6.07, 6.45) is 3.95. The monoisotopic (exact) mass is 464 g/mol. The van der Waals surface area contributed by atoms with E-state index in [1.807, 2.05) is 11.8 Å². The second-order valence-electron chi connectivity index (χ2n) is 7.43. The van der Waals surface area contributed by atoms with Gasteiger partial charge in [-0.2, -0.15) is 0 Å². The molecule has 2 aromatic heterocycles. The molecule has 2 N–H and O–H groups in total. The molecule has 2 heterocycles. The molecule has 6 nitrogen and oxygen atoms in total. The predicted molar refractivity (Wildman–Crippen MR) is 123 cm³/mol. The summed E-state index contributed by atoms with van der Waals surface area (Å²) in [4.78, 5) is 36.9. The van der Waals surface area contributed by atoms with E-state index in [-0.39, 0.29) is 18.0 Å². The summed E-state index contributed by atoms with van der Waals surface area (Å²) in [5, 5.41) is 4.47. The molecule has 1 aromatic carbocycles. The van der Waals surface area contributed by atoms with Gasteiger partial charge in [-0.1, -0.05) is 30.1 Å². The first kappa shape index (κ1) is 21.3. The minimum atomic E-state index is -0.203. The Bertz CT molecular complexity index is 1160. The number of carbonyl (C=O) groups is 1. The minimum Gasteiger partial charge on any atom is -0.324 e. The molecule has 1 aliphatic carbocycles. The van der Waals surface area contributed by atoms with E-state index in [1.165, 1.54) is 10.4 Å². The molecule has 3 aromatic rings. The predicted octanol–water partition coefficient (Wildman–Crippen LogP) is 4.63. The van der Waals surface area contributed by atoms with Crippen LogP contribution in [0.3, 0.4) is 0 Å². The largest absolute Gasteiger partial charge is 0.324 e. The maximum Gasteiger partial charge on any atom is 0.259 e.